The fraction of sp³-hybridized carbons (Fsp3) is 0.278. The lowest BCUT2D eigenvalue weighted by Gasteiger charge is -2.12. The highest BCUT2D eigenvalue weighted by molar-refractivity contribution is 14.0. The number of fused-ring (bicyclic) bond motifs is 1. The molecule has 0 fully saturated rings. The fourth-order valence-corrected chi connectivity index (χ4v) is 2.69. The van der Waals surface area contributed by atoms with Crippen molar-refractivity contribution < 1.29 is 0 Å². The number of nitrogens with zero attached hydrogens (tertiary/aromatic N) is 4. The molecule has 0 unspecified atom stereocenters. The van der Waals surface area contributed by atoms with E-state index in [0.29, 0.717) is 6.54 Å². The molecule has 0 saturated heterocycles. The Morgan fingerprint density at radius 1 is 1.12 bits per heavy atom. The monoisotopic (exact) mass is 450 g/mol. The molecule has 0 radical (unpaired) electrons. The first-order valence-electron chi connectivity index (χ1n) is 8.02. The van der Waals surface area contributed by atoms with E-state index in [2.05, 4.69) is 68.2 Å². The number of rotatable bonds is 5. The lowest BCUT2D eigenvalue weighted by molar-refractivity contribution is 0.672. The van der Waals surface area contributed by atoms with E-state index in [1.807, 2.05) is 7.05 Å². The molecule has 1 heterocycles. The molecule has 3 aromatic rings. The van der Waals surface area contributed by atoms with Gasteiger partial charge in [-0.15, -0.1) is 24.0 Å². The molecular formula is C18H23IN6. The van der Waals surface area contributed by atoms with Crippen LogP contribution in [0.5, 0.6) is 0 Å². The molecule has 0 saturated carbocycles. The average molecular weight is 450 g/mol. The molecule has 0 atom stereocenters. The number of guanidine groups is 1. The van der Waals surface area contributed by atoms with Crippen molar-refractivity contribution in [3.8, 4) is 0 Å². The smallest absolute Gasteiger partial charge is 0.191 e. The molecule has 0 aliphatic rings. The van der Waals surface area contributed by atoms with Gasteiger partial charge in [0.15, 0.2) is 5.96 Å². The standard InChI is InChI=1S/C18H22N6.HI/c1-19-18(21-12-17-22-13-23-24(17)2)20-11-10-15-8-5-7-14-6-3-4-9-16(14)15;/h3-9,13H,10-12H2,1-2H3,(H2,19,20,21);1H. The molecule has 7 heteroatoms. The Labute approximate surface area is 164 Å². The topological polar surface area (TPSA) is 67.1 Å². The zero-order valence-corrected chi connectivity index (χ0v) is 16.8. The van der Waals surface area contributed by atoms with Gasteiger partial charge in [0.25, 0.3) is 0 Å². The van der Waals surface area contributed by atoms with Gasteiger partial charge in [-0.2, -0.15) is 5.10 Å². The lowest BCUT2D eigenvalue weighted by Crippen LogP contribution is -2.38. The second-order valence-corrected chi connectivity index (χ2v) is 5.54. The highest BCUT2D eigenvalue weighted by atomic mass is 127. The van der Waals surface area contributed by atoms with Gasteiger partial charge in [-0.25, -0.2) is 4.98 Å². The number of benzene rings is 2. The van der Waals surface area contributed by atoms with Crippen molar-refractivity contribution in [2.45, 2.75) is 13.0 Å². The number of aryl methyl sites for hydroxylation is 1. The Kier molecular flexibility index (Phi) is 7.17. The van der Waals surface area contributed by atoms with Gasteiger partial charge in [0.2, 0.25) is 0 Å². The van der Waals surface area contributed by atoms with Crippen LogP contribution in [0.2, 0.25) is 0 Å². The molecule has 2 N–H and O–H groups in total. The molecule has 0 bridgehead atoms. The highest BCUT2D eigenvalue weighted by Gasteiger charge is 2.04. The number of aromatic nitrogens is 3. The van der Waals surface area contributed by atoms with E-state index < -0.39 is 0 Å². The Bertz CT molecular complexity index is 837. The minimum atomic E-state index is 0. The summed E-state index contributed by atoms with van der Waals surface area (Å²) in [4.78, 5) is 8.44. The van der Waals surface area contributed by atoms with Crippen molar-refractivity contribution >= 4 is 40.7 Å². The SMILES string of the molecule is CN=C(NCCc1cccc2ccccc12)NCc1ncnn1C.I. The second-order valence-electron chi connectivity index (χ2n) is 5.54. The predicted molar refractivity (Wildman–Crippen MR) is 112 cm³/mol. The molecule has 6 nitrogen and oxygen atoms in total. The first-order chi connectivity index (χ1) is 11.8. The maximum atomic E-state index is 4.25. The minimum Gasteiger partial charge on any atom is -0.356 e. The first-order valence-corrected chi connectivity index (χ1v) is 8.02. The van der Waals surface area contributed by atoms with E-state index in [4.69, 9.17) is 0 Å². The number of halogens is 1. The van der Waals surface area contributed by atoms with Gasteiger partial charge in [-0.3, -0.25) is 9.67 Å². The average Bonchev–Trinajstić information content (AvgIpc) is 3.03. The molecule has 3 rings (SSSR count). The van der Waals surface area contributed by atoms with E-state index in [0.717, 1.165) is 24.7 Å². The van der Waals surface area contributed by atoms with Gasteiger partial charge in [0.1, 0.15) is 12.2 Å². The summed E-state index contributed by atoms with van der Waals surface area (Å²) < 4.78 is 1.75. The van der Waals surface area contributed by atoms with E-state index in [-0.39, 0.29) is 24.0 Å². The summed E-state index contributed by atoms with van der Waals surface area (Å²) in [5.74, 6) is 1.63. The van der Waals surface area contributed by atoms with Gasteiger partial charge in [0.05, 0.1) is 6.54 Å². The largest absolute Gasteiger partial charge is 0.356 e. The normalized spacial score (nSPS) is 11.2. The van der Waals surface area contributed by atoms with Crippen molar-refractivity contribution in [3.63, 3.8) is 0 Å². The van der Waals surface area contributed by atoms with E-state index >= 15 is 0 Å². The number of hydrogen-bond acceptors (Lipinski definition) is 3. The third-order valence-electron chi connectivity index (χ3n) is 4.01. The summed E-state index contributed by atoms with van der Waals surface area (Å²) in [5, 5.41) is 13.2. The maximum Gasteiger partial charge on any atom is 0.191 e. The molecule has 1 aromatic heterocycles. The summed E-state index contributed by atoms with van der Waals surface area (Å²) in [6, 6.07) is 14.9. The van der Waals surface area contributed by atoms with E-state index in [9.17, 15) is 0 Å². The summed E-state index contributed by atoms with van der Waals surface area (Å²) in [6.45, 7) is 1.40. The van der Waals surface area contributed by atoms with Crippen LogP contribution in [0.4, 0.5) is 0 Å². The van der Waals surface area contributed by atoms with Crippen molar-refractivity contribution in [1.29, 1.82) is 0 Å². The van der Waals surface area contributed by atoms with Crippen LogP contribution < -0.4 is 10.6 Å². The van der Waals surface area contributed by atoms with Crippen LogP contribution in [0.1, 0.15) is 11.4 Å². The Balaban J connectivity index is 0.00000225. The van der Waals surface area contributed by atoms with Crippen LogP contribution in [-0.4, -0.2) is 34.3 Å². The van der Waals surface area contributed by atoms with E-state index in [1.165, 1.54) is 16.3 Å². The molecule has 0 aliphatic heterocycles. The third kappa shape index (κ3) is 4.91. The number of hydrogen-bond donors (Lipinski definition) is 2. The number of aliphatic imine (C=N–C) groups is 1. The Morgan fingerprint density at radius 3 is 2.68 bits per heavy atom. The molecule has 0 aliphatic carbocycles. The molecule has 132 valence electrons. The molecule has 25 heavy (non-hydrogen) atoms. The highest BCUT2D eigenvalue weighted by Crippen LogP contribution is 2.18. The van der Waals surface area contributed by atoms with Gasteiger partial charge in [-0.05, 0) is 22.8 Å². The van der Waals surface area contributed by atoms with E-state index in [1.54, 1.807) is 18.1 Å². The maximum absolute atomic E-state index is 4.25. The second kappa shape index (κ2) is 9.36. The summed E-state index contributed by atoms with van der Waals surface area (Å²) in [6.07, 6.45) is 2.49. The zero-order valence-electron chi connectivity index (χ0n) is 14.4. The quantitative estimate of drug-likeness (QED) is 0.356. The lowest BCUT2D eigenvalue weighted by atomic mass is 10.0. The minimum absolute atomic E-state index is 0. The first kappa shape index (κ1) is 19.2. The van der Waals surface area contributed by atoms with Crippen LogP contribution >= 0.6 is 24.0 Å². The molecule has 0 amide bonds. The van der Waals surface area contributed by atoms with Crippen LogP contribution in [0.3, 0.4) is 0 Å². The molecule has 2 aromatic carbocycles. The summed E-state index contributed by atoms with van der Waals surface area (Å²) >= 11 is 0. The fourth-order valence-electron chi connectivity index (χ4n) is 2.69. The van der Waals surface area contributed by atoms with Crippen molar-refractivity contribution in [2.75, 3.05) is 13.6 Å². The van der Waals surface area contributed by atoms with Crippen molar-refractivity contribution in [3.05, 3.63) is 60.2 Å². The number of nitrogens with one attached hydrogen (secondary N) is 2. The van der Waals surface area contributed by atoms with Gasteiger partial charge < -0.3 is 10.6 Å². The van der Waals surface area contributed by atoms with Crippen LogP contribution in [0.25, 0.3) is 10.8 Å². The molecular weight excluding hydrogens is 427 g/mol. The predicted octanol–water partition coefficient (Wildman–Crippen LogP) is 2.49. The van der Waals surface area contributed by atoms with Crippen LogP contribution in [-0.2, 0) is 20.0 Å². The summed E-state index contributed by atoms with van der Waals surface area (Å²) in [7, 11) is 3.64. The summed E-state index contributed by atoms with van der Waals surface area (Å²) in [5.41, 5.74) is 1.34. The van der Waals surface area contributed by atoms with Gasteiger partial charge in [0, 0.05) is 20.6 Å². The van der Waals surface area contributed by atoms with Gasteiger partial charge in [-0.1, -0.05) is 42.5 Å². The third-order valence-corrected chi connectivity index (χ3v) is 4.01. The van der Waals surface area contributed by atoms with Crippen LogP contribution in [0, 0.1) is 0 Å². The van der Waals surface area contributed by atoms with Gasteiger partial charge >= 0.3 is 0 Å². The Morgan fingerprint density at radius 2 is 1.92 bits per heavy atom. The van der Waals surface area contributed by atoms with Crippen LogP contribution in [0.15, 0.2) is 53.8 Å². The Hall–Kier alpha value is -2.16. The zero-order chi connectivity index (χ0) is 16.8. The van der Waals surface area contributed by atoms with Crippen molar-refractivity contribution in [2.24, 2.45) is 12.0 Å². The van der Waals surface area contributed by atoms with Crippen molar-refractivity contribution in [1.82, 2.24) is 25.4 Å². The molecule has 0 spiro atoms.